The van der Waals surface area contributed by atoms with Crippen molar-refractivity contribution >= 4 is 0 Å². The predicted octanol–water partition coefficient (Wildman–Crippen LogP) is 3.20. The van der Waals surface area contributed by atoms with Gasteiger partial charge in [0, 0.05) is 0 Å². The zero-order valence-corrected chi connectivity index (χ0v) is 9.60. The molecule has 1 saturated carbocycles. The normalized spacial score (nSPS) is 31.9. The highest BCUT2D eigenvalue weighted by Gasteiger charge is 2.30. The van der Waals surface area contributed by atoms with Crippen molar-refractivity contribution in [2.24, 2.45) is 17.8 Å². The van der Waals surface area contributed by atoms with Gasteiger partial charge in [-0.15, -0.1) is 0 Å². The van der Waals surface area contributed by atoms with Crippen molar-refractivity contribution in [2.45, 2.75) is 51.9 Å². The minimum atomic E-state index is 0.997. The average molecular weight is 195 g/mol. The summed E-state index contributed by atoms with van der Waals surface area (Å²) in [4.78, 5) is 0. The molecule has 1 aliphatic heterocycles. The Balaban J connectivity index is 1.89. The molecule has 0 aromatic heterocycles. The summed E-state index contributed by atoms with van der Waals surface area (Å²) in [6.07, 6.45) is 10.4. The largest absolute Gasteiger partial charge is 0.316 e. The van der Waals surface area contributed by atoms with E-state index in [1.54, 1.807) is 0 Å². The Bertz CT molecular complexity index is 155. The lowest BCUT2D eigenvalue weighted by atomic mass is 9.76. The van der Waals surface area contributed by atoms with E-state index >= 15 is 0 Å². The van der Waals surface area contributed by atoms with E-state index < -0.39 is 0 Å². The Hall–Kier alpha value is -0.0400. The quantitative estimate of drug-likeness (QED) is 0.729. The highest BCUT2D eigenvalue weighted by atomic mass is 14.9. The van der Waals surface area contributed by atoms with Crippen molar-refractivity contribution < 1.29 is 0 Å². The summed E-state index contributed by atoms with van der Waals surface area (Å²) in [5.74, 6) is 3.10. The number of hydrogen-bond acceptors (Lipinski definition) is 1. The molecular weight excluding hydrogens is 170 g/mol. The minimum Gasteiger partial charge on any atom is -0.316 e. The summed E-state index contributed by atoms with van der Waals surface area (Å²) in [5, 5.41) is 3.57. The van der Waals surface area contributed by atoms with Gasteiger partial charge in [0.1, 0.15) is 0 Å². The van der Waals surface area contributed by atoms with Gasteiger partial charge in [0.25, 0.3) is 0 Å². The molecule has 1 nitrogen and oxygen atoms in total. The highest BCUT2D eigenvalue weighted by Crippen LogP contribution is 2.38. The lowest BCUT2D eigenvalue weighted by Crippen LogP contribution is -2.36. The fraction of sp³-hybridized carbons (Fsp3) is 1.00. The maximum atomic E-state index is 3.57. The van der Waals surface area contributed by atoms with E-state index in [4.69, 9.17) is 0 Å². The van der Waals surface area contributed by atoms with Gasteiger partial charge in [-0.1, -0.05) is 39.0 Å². The van der Waals surface area contributed by atoms with Crippen molar-refractivity contribution in [3.63, 3.8) is 0 Å². The van der Waals surface area contributed by atoms with Crippen LogP contribution in [-0.2, 0) is 0 Å². The molecule has 1 heterocycles. The molecule has 2 atom stereocenters. The Morgan fingerprint density at radius 2 is 1.79 bits per heavy atom. The molecule has 2 unspecified atom stereocenters. The standard InChI is InChI=1S/C13H25N/c1-2-13(11-6-3-4-7-11)12-8-5-9-14-10-12/h11-14H,2-10H2,1H3. The van der Waals surface area contributed by atoms with Crippen LogP contribution in [-0.4, -0.2) is 13.1 Å². The lowest BCUT2D eigenvalue weighted by molar-refractivity contribution is 0.184. The van der Waals surface area contributed by atoms with Crippen molar-refractivity contribution in [1.82, 2.24) is 5.32 Å². The predicted molar refractivity (Wildman–Crippen MR) is 61.3 cm³/mol. The molecule has 1 aliphatic carbocycles. The van der Waals surface area contributed by atoms with Crippen LogP contribution in [0.15, 0.2) is 0 Å². The lowest BCUT2D eigenvalue weighted by Gasteiger charge is -2.34. The number of nitrogens with one attached hydrogen (secondary N) is 1. The van der Waals surface area contributed by atoms with Crippen LogP contribution in [0.4, 0.5) is 0 Å². The highest BCUT2D eigenvalue weighted by molar-refractivity contribution is 4.83. The third kappa shape index (κ3) is 2.31. The molecule has 0 bridgehead atoms. The fourth-order valence-corrected chi connectivity index (χ4v) is 3.68. The molecule has 1 N–H and O–H groups in total. The van der Waals surface area contributed by atoms with Crippen molar-refractivity contribution in [1.29, 1.82) is 0 Å². The third-order valence-corrected chi connectivity index (χ3v) is 4.42. The fourth-order valence-electron chi connectivity index (χ4n) is 3.68. The Kier molecular flexibility index (Phi) is 3.86. The average Bonchev–Trinajstić information content (AvgIpc) is 2.74. The number of piperidine rings is 1. The van der Waals surface area contributed by atoms with Crippen molar-refractivity contribution in [3.8, 4) is 0 Å². The van der Waals surface area contributed by atoms with Crippen LogP contribution < -0.4 is 5.32 Å². The van der Waals surface area contributed by atoms with Gasteiger partial charge in [0.15, 0.2) is 0 Å². The van der Waals surface area contributed by atoms with Crippen LogP contribution in [0.2, 0.25) is 0 Å². The summed E-state index contributed by atoms with van der Waals surface area (Å²) in [5.41, 5.74) is 0. The first kappa shape index (κ1) is 10.5. The van der Waals surface area contributed by atoms with Gasteiger partial charge in [0.05, 0.1) is 0 Å². The van der Waals surface area contributed by atoms with Gasteiger partial charge < -0.3 is 5.32 Å². The number of hydrogen-bond donors (Lipinski definition) is 1. The van der Waals surface area contributed by atoms with E-state index in [9.17, 15) is 0 Å². The molecule has 0 aromatic carbocycles. The molecule has 2 aliphatic rings. The van der Waals surface area contributed by atoms with Gasteiger partial charge in [-0.2, -0.15) is 0 Å². The molecule has 14 heavy (non-hydrogen) atoms. The van der Waals surface area contributed by atoms with Gasteiger partial charge >= 0.3 is 0 Å². The summed E-state index contributed by atoms with van der Waals surface area (Å²) in [6, 6.07) is 0. The van der Waals surface area contributed by atoms with Crippen molar-refractivity contribution in [2.75, 3.05) is 13.1 Å². The third-order valence-electron chi connectivity index (χ3n) is 4.42. The second-order valence-electron chi connectivity index (χ2n) is 5.22. The van der Waals surface area contributed by atoms with Crippen LogP contribution >= 0.6 is 0 Å². The van der Waals surface area contributed by atoms with Gasteiger partial charge in [-0.3, -0.25) is 0 Å². The van der Waals surface area contributed by atoms with Crippen LogP contribution in [0.3, 0.4) is 0 Å². The molecule has 82 valence electrons. The van der Waals surface area contributed by atoms with Crippen LogP contribution in [0.25, 0.3) is 0 Å². The maximum absolute atomic E-state index is 3.57. The second kappa shape index (κ2) is 5.16. The second-order valence-corrected chi connectivity index (χ2v) is 5.22. The first-order valence-electron chi connectivity index (χ1n) is 6.62. The van der Waals surface area contributed by atoms with Crippen LogP contribution in [0, 0.1) is 17.8 Å². The molecule has 1 saturated heterocycles. The molecule has 2 fully saturated rings. The van der Waals surface area contributed by atoms with E-state index in [0.29, 0.717) is 0 Å². The van der Waals surface area contributed by atoms with Gasteiger partial charge in [-0.05, 0) is 43.7 Å². The van der Waals surface area contributed by atoms with Crippen molar-refractivity contribution in [3.05, 3.63) is 0 Å². The zero-order valence-electron chi connectivity index (χ0n) is 9.60. The Morgan fingerprint density at radius 1 is 1.07 bits per heavy atom. The van der Waals surface area contributed by atoms with Gasteiger partial charge in [0.2, 0.25) is 0 Å². The molecular formula is C13H25N. The molecule has 0 spiro atoms. The van der Waals surface area contributed by atoms with Crippen LogP contribution in [0.1, 0.15) is 51.9 Å². The Morgan fingerprint density at radius 3 is 2.36 bits per heavy atom. The maximum Gasteiger partial charge on any atom is -0.00178 e. The minimum absolute atomic E-state index is 0.997. The van der Waals surface area contributed by atoms with E-state index in [-0.39, 0.29) is 0 Å². The summed E-state index contributed by atoms with van der Waals surface area (Å²) < 4.78 is 0. The van der Waals surface area contributed by atoms with E-state index in [2.05, 4.69) is 12.2 Å². The molecule has 0 aromatic rings. The summed E-state index contributed by atoms with van der Waals surface area (Å²) in [6.45, 7) is 4.96. The van der Waals surface area contributed by atoms with E-state index in [1.165, 1.54) is 58.0 Å². The first-order chi connectivity index (χ1) is 6.92. The molecule has 0 radical (unpaired) electrons. The van der Waals surface area contributed by atoms with Crippen LogP contribution in [0.5, 0.6) is 0 Å². The molecule has 2 rings (SSSR count). The van der Waals surface area contributed by atoms with E-state index in [1.807, 2.05) is 0 Å². The smallest absolute Gasteiger partial charge is 0.00178 e. The topological polar surface area (TPSA) is 12.0 Å². The summed E-state index contributed by atoms with van der Waals surface area (Å²) in [7, 11) is 0. The Labute approximate surface area is 88.7 Å². The molecule has 0 amide bonds. The van der Waals surface area contributed by atoms with E-state index in [0.717, 1.165) is 17.8 Å². The van der Waals surface area contributed by atoms with Gasteiger partial charge in [-0.25, -0.2) is 0 Å². The summed E-state index contributed by atoms with van der Waals surface area (Å²) >= 11 is 0. The number of rotatable bonds is 3. The first-order valence-corrected chi connectivity index (χ1v) is 6.62. The molecule has 1 heteroatoms. The monoisotopic (exact) mass is 195 g/mol. The zero-order chi connectivity index (χ0) is 9.80. The SMILES string of the molecule is CCC(C1CCCC1)C1CCCNC1.